The molecule has 0 saturated heterocycles. The van der Waals surface area contributed by atoms with E-state index in [1.54, 1.807) is 0 Å². The highest BCUT2D eigenvalue weighted by Crippen LogP contribution is 2.63. The lowest BCUT2D eigenvalue weighted by Gasteiger charge is -2.50. The quantitative estimate of drug-likeness (QED) is 0.374. The second-order valence-corrected chi connectivity index (χ2v) is 11.7. The van der Waals surface area contributed by atoms with Crippen LogP contribution in [0.3, 0.4) is 0 Å². The van der Waals surface area contributed by atoms with Gasteiger partial charge in [-0.2, -0.15) is 0 Å². The van der Waals surface area contributed by atoms with E-state index in [1.807, 2.05) is 12.1 Å². The topological polar surface area (TPSA) is 96.3 Å². The lowest BCUT2D eigenvalue weighted by molar-refractivity contribution is -0.0217. The number of phosphoric acid groups is 1. The number of benzene rings is 1. The van der Waals surface area contributed by atoms with E-state index in [9.17, 15) is 19.1 Å². The summed E-state index contributed by atoms with van der Waals surface area (Å²) in [7, 11) is -4.50. The van der Waals surface area contributed by atoms with E-state index in [0.29, 0.717) is 54.8 Å². The molecule has 4 rings (SSSR count). The first-order valence-electron chi connectivity index (χ1n) is 11.6. The number of halogens is 2. The first kappa shape index (κ1) is 25.3. The third-order valence-corrected chi connectivity index (χ3v) is 8.91. The number of carbonyl (C=O) groups is 1. The minimum atomic E-state index is -4.50. The van der Waals surface area contributed by atoms with Crippen molar-refractivity contribution in [3.63, 3.8) is 0 Å². The standard InChI is InChI=1S/C23H32Cl2NO6P/c1-23-9-8-18-17-5-3-16(31-22(27)26(12-10-24)13-11-25)14-15(17)2-4-19(18)20(23)6-7-21(23)32-33(28,29)30/h3,5,14,18-21H,2,4,6-13H2,1H3,(H2,28,29,30)/t18-,19-,20+,21-,23-/m0/s1. The minimum absolute atomic E-state index is 0.205. The van der Waals surface area contributed by atoms with Crippen molar-refractivity contribution in [2.24, 2.45) is 17.3 Å². The van der Waals surface area contributed by atoms with E-state index in [1.165, 1.54) is 16.0 Å². The number of alkyl halides is 2. The lowest BCUT2D eigenvalue weighted by Crippen LogP contribution is -2.44. The molecule has 2 N–H and O–H groups in total. The predicted molar refractivity (Wildman–Crippen MR) is 127 cm³/mol. The van der Waals surface area contributed by atoms with Gasteiger partial charge in [0.05, 0.1) is 6.10 Å². The highest BCUT2D eigenvalue weighted by molar-refractivity contribution is 7.46. The summed E-state index contributed by atoms with van der Waals surface area (Å²) < 4.78 is 22.3. The number of phosphoric ester groups is 1. The van der Waals surface area contributed by atoms with Crippen molar-refractivity contribution in [3.05, 3.63) is 29.3 Å². The molecule has 2 fully saturated rings. The molecule has 184 valence electrons. The Kier molecular flexibility index (Phi) is 7.69. The van der Waals surface area contributed by atoms with E-state index in [-0.39, 0.29) is 5.41 Å². The molecule has 0 unspecified atom stereocenters. The van der Waals surface area contributed by atoms with E-state index in [4.69, 9.17) is 32.5 Å². The largest absolute Gasteiger partial charge is 0.469 e. The number of hydrogen-bond donors (Lipinski definition) is 2. The number of fused-ring (bicyclic) bond motifs is 5. The molecule has 0 spiro atoms. The molecule has 2 saturated carbocycles. The third-order valence-electron chi connectivity index (χ3n) is 8.05. The number of ether oxygens (including phenoxy) is 1. The molecule has 1 aromatic rings. The van der Waals surface area contributed by atoms with Crippen LogP contribution in [0, 0.1) is 17.3 Å². The van der Waals surface area contributed by atoms with Crippen LogP contribution in [-0.2, 0) is 15.5 Å². The Morgan fingerprint density at radius 3 is 2.58 bits per heavy atom. The average molecular weight is 520 g/mol. The van der Waals surface area contributed by atoms with Gasteiger partial charge in [-0.25, -0.2) is 9.36 Å². The fraction of sp³-hybridized carbons (Fsp3) is 0.696. The van der Waals surface area contributed by atoms with Crippen molar-refractivity contribution in [1.29, 1.82) is 0 Å². The molecule has 3 aliphatic carbocycles. The Hall–Kier alpha value is -0.820. The maximum atomic E-state index is 12.5. The second kappa shape index (κ2) is 10.0. The average Bonchev–Trinajstić information content (AvgIpc) is 3.08. The van der Waals surface area contributed by atoms with Crippen molar-refractivity contribution in [2.75, 3.05) is 24.8 Å². The first-order chi connectivity index (χ1) is 15.7. The van der Waals surface area contributed by atoms with Gasteiger partial charge in [-0.05, 0) is 85.0 Å². The maximum absolute atomic E-state index is 12.5. The van der Waals surface area contributed by atoms with E-state index >= 15 is 0 Å². The summed E-state index contributed by atoms with van der Waals surface area (Å²) in [4.78, 5) is 32.7. The van der Waals surface area contributed by atoms with Gasteiger partial charge in [0.15, 0.2) is 0 Å². The number of hydrogen-bond acceptors (Lipinski definition) is 4. The van der Waals surface area contributed by atoms with Gasteiger partial charge in [0.1, 0.15) is 5.75 Å². The smallest absolute Gasteiger partial charge is 0.410 e. The van der Waals surface area contributed by atoms with E-state index < -0.39 is 20.0 Å². The highest BCUT2D eigenvalue weighted by Gasteiger charge is 2.56. The molecule has 1 aromatic carbocycles. The van der Waals surface area contributed by atoms with Gasteiger partial charge in [0.25, 0.3) is 0 Å². The van der Waals surface area contributed by atoms with Crippen molar-refractivity contribution < 1.29 is 28.4 Å². The number of aryl methyl sites for hydroxylation is 1. The first-order valence-corrected chi connectivity index (χ1v) is 14.2. The predicted octanol–water partition coefficient (Wildman–Crippen LogP) is 5.30. The highest BCUT2D eigenvalue weighted by atomic mass is 35.5. The van der Waals surface area contributed by atoms with Crippen LogP contribution in [0.5, 0.6) is 5.75 Å². The van der Waals surface area contributed by atoms with Crippen LogP contribution < -0.4 is 4.74 Å². The Morgan fingerprint density at radius 2 is 1.91 bits per heavy atom. The molecule has 0 radical (unpaired) electrons. The molecule has 0 aliphatic heterocycles. The number of rotatable bonds is 7. The van der Waals surface area contributed by atoms with Gasteiger partial charge in [-0.3, -0.25) is 4.52 Å². The van der Waals surface area contributed by atoms with Crippen LogP contribution in [0.4, 0.5) is 4.79 Å². The maximum Gasteiger partial charge on any atom is 0.469 e. The SMILES string of the molecule is C[C@]12CC[C@H]3c4ccc(OC(=O)N(CCCl)CCCl)cc4CC[C@@H]3[C@H]1CC[C@@H]2OP(=O)(O)O. The molecule has 3 aliphatic rings. The summed E-state index contributed by atoms with van der Waals surface area (Å²) in [6.45, 7) is 2.91. The van der Waals surface area contributed by atoms with Crippen LogP contribution in [0.1, 0.15) is 56.1 Å². The Labute approximate surface area is 205 Å². The Morgan fingerprint density at radius 1 is 1.18 bits per heavy atom. The van der Waals surface area contributed by atoms with E-state index in [0.717, 1.165) is 32.1 Å². The monoisotopic (exact) mass is 519 g/mol. The molecule has 0 heterocycles. The van der Waals surface area contributed by atoms with Crippen LogP contribution in [0.25, 0.3) is 0 Å². The number of carbonyl (C=O) groups excluding carboxylic acids is 1. The zero-order chi connectivity index (χ0) is 23.8. The van der Waals surface area contributed by atoms with Crippen molar-refractivity contribution in [2.45, 2.75) is 57.5 Å². The van der Waals surface area contributed by atoms with Gasteiger partial charge in [0.2, 0.25) is 0 Å². The molecular formula is C23H32Cl2NO6P. The molecular weight excluding hydrogens is 488 g/mol. The zero-order valence-electron chi connectivity index (χ0n) is 18.8. The Balaban J connectivity index is 1.48. The third kappa shape index (κ3) is 5.24. The summed E-state index contributed by atoms with van der Waals surface area (Å²) in [5.74, 6) is 2.44. The molecule has 0 bridgehead atoms. The molecule has 5 atom stereocenters. The summed E-state index contributed by atoms with van der Waals surface area (Å²) in [5, 5.41) is 0. The summed E-state index contributed by atoms with van der Waals surface area (Å²) >= 11 is 11.6. The van der Waals surface area contributed by atoms with Crippen LogP contribution in [-0.4, -0.2) is 51.7 Å². The van der Waals surface area contributed by atoms with Crippen LogP contribution >= 0.6 is 31.0 Å². The lowest BCUT2D eigenvalue weighted by atomic mass is 9.55. The molecule has 33 heavy (non-hydrogen) atoms. The second-order valence-electron chi connectivity index (χ2n) is 9.72. The fourth-order valence-corrected chi connectivity index (χ4v) is 7.66. The van der Waals surface area contributed by atoms with Crippen molar-refractivity contribution in [3.8, 4) is 5.75 Å². The molecule has 7 nitrogen and oxygen atoms in total. The normalized spacial score (nSPS) is 30.8. The van der Waals surface area contributed by atoms with Crippen molar-refractivity contribution >= 4 is 37.1 Å². The van der Waals surface area contributed by atoms with Gasteiger partial charge in [0, 0.05) is 24.8 Å². The summed E-state index contributed by atoms with van der Waals surface area (Å²) in [6, 6.07) is 5.93. The van der Waals surface area contributed by atoms with Crippen molar-refractivity contribution in [1.82, 2.24) is 4.90 Å². The van der Waals surface area contributed by atoms with Crippen LogP contribution in [0.15, 0.2) is 18.2 Å². The zero-order valence-corrected chi connectivity index (χ0v) is 21.2. The minimum Gasteiger partial charge on any atom is -0.410 e. The summed E-state index contributed by atoms with van der Waals surface area (Å²) in [5.41, 5.74) is 2.32. The fourth-order valence-electron chi connectivity index (χ4n) is 6.58. The van der Waals surface area contributed by atoms with Gasteiger partial charge < -0.3 is 19.4 Å². The van der Waals surface area contributed by atoms with Gasteiger partial charge >= 0.3 is 13.9 Å². The van der Waals surface area contributed by atoms with Crippen LogP contribution in [0.2, 0.25) is 0 Å². The van der Waals surface area contributed by atoms with Gasteiger partial charge in [-0.1, -0.05) is 13.0 Å². The number of amides is 1. The summed E-state index contributed by atoms with van der Waals surface area (Å²) in [6.07, 6.45) is 4.55. The van der Waals surface area contributed by atoms with Gasteiger partial charge in [-0.15, -0.1) is 23.2 Å². The number of nitrogens with zero attached hydrogens (tertiary/aromatic N) is 1. The molecule has 1 amide bonds. The Bertz CT molecular complexity index is 920. The molecule has 0 aromatic heterocycles. The van der Waals surface area contributed by atoms with E-state index in [2.05, 4.69) is 13.0 Å². The molecule has 10 heteroatoms.